The molecule has 0 amide bonds. The lowest BCUT2D eigenvalue weighted by molar-refractivity contribution is -0.316. The van der Waals surface area contributed by atoms with E-state index < -0.39 is 23.8 Å². The number of hydrogen-bond acceptors (Lipinski definition) is 5. The van der Waals surface area contributed by atoms with E-state index in [0.29, 0.717) is 22.0 Å². The standard InChI is InChI=1S/C13H10Br4O6/c1-4(18)13(2-3-22-13)23-12(21)6-5(11(19)20)7(14)9(16)10(17)8(6)15/h4,18H,2-3H2,1H3,(H,19,20). The molecule has 1 heterocycles. The molecule has 1 saturated heterocycles. The van der Waals surface area contributed by atoms with Crippen LogP contribution in [0.1, 0.15) is 34.1 Å². The average Bonchev–Trinajstić information content (AvgIpc) is 2.42. The highest BCUT2D eigenvalue weighted by atomic mass is 79.9. The molecular weight excluding hydrogens is 572 g/mol. The van der Waals surface area contributed by atoms with Gasteiger partial charge in [-0.05, 0) is 70.6 Å². The Morgan fingerprint density at radius 3 is 1.96 bits per heavy atom. The highest BCUT2D eigenvalue weighted by molar-refractivity contribution is 9.15. The highest BCUT2D eigenvalue weighted by Crippen LogP contribution is 2.43. The van der Waals surface area contributed by atoms with Crippen LogP contribution in [0.5, 0.6) is 0 Å². The normalized spacial score (nSPS) is 21.5. The predicted molar refractivity (Wildman–Crippen MR) is 94.6 cm³/mol. The monoisotopic (exact) mass is 578 g/mol. The van der Waals surface area contributed by atoms with Crippen molar-refractivity contribution < 1.29 is 29.3 Å². The molecule has 2 rings (SSSR count). The zero-order chi connectivity index (χ0) is 17.5. The zero-order valence-corrected chi connectivity index (χ0v) is 17.9. The number of rotatable bonds is 4. The Morgan fingerprint density at radius 1 is 1.13 bits per heavy atom. The van der Waals surface area contributed by atoms with E-state index in [4.69, 9.17) is 9.47 Å². The van der Waals surface area contributed by atoms with Crippen molar-refractivity contribution in [3.8, 4) is 0 Å². The second kappa shape index (κ2) is 7.09. The summed E-state index contributed by atoms with van der Waals surface area (Å²) < 4.78 is 11.8. The van der Waals surface area contributed by atoms with Crippen LogP contribution in [0.3, 0.4) is 0 Å². The lowest BCUT2D eigenvalue weighted by Crippen LogP contribution is -2.55. The first-order valence-corrected chi connectivity index (χ1v) is 9.44. The summed E-state index contributed by atoms with van der Waals surface area (Å²) in [7, 11) is 0. The summed E-state index contributed by atoms with van der Waals surface area (Å²) in [5.41, 5.74) is -0.452. The minimum Gasteiger partial charge on any atom is -0.478 e. The van der Waals surface area contributed by atoms with E-state index in [-0.39, 0.29) is 20.1 Å². The van der Waals surface area contributed by atoms with Crippen molar-refractivity contribution >= 4 is 75.7 Å². The fraction of sp³-hybridized carbons (Fsp3) is 0.385. The molecule has 0 aromatic heterocycles. The summed E-state index contributed by atoms with van der Waals surface area (Å²) in [5.74, 6) is -3.67. The Morgan fingerprint density at radius 2 is 1.61 bits per heavy atom. The molecule has 10 heteroatoms. The van der Waals surface area contributed by atoms with Gasteiger partial charge in [0.05, 0.1) is 17.7 Å². The molecule has 2 N–H and O–H groups in total. The Hall–Kier alpha value is -0.000000000000000187. The molecule has 1 aromatic carbocycles. The second-order valence-corrected chi connectivity index (χ2v) is 7.96. The summed E-state index contributed by atoms with van der Waals surface area (Å²) in [6, 6.07) is 0. The van der Waals surface area contributed by atoms with Crippen LogP contribution in [-0.4, -0.2) is 40.6 Å². The number of carboxylic acid groups (broad SMARTS) is 1. The van der Waals surface area contributed by atoms with Gasteiger partial charge >= 0.3 is 11.9 Å². The van der Waals surface area contributed by atoms with Crippen LogP contribution in [-0.2, 0) is 9.47 Å². The lowest BCUT2D eigenvalue weighted by Gasteiger charge is -2.42. The predicted octanol–water partition coefficient (Wildman–Crippen LogP) is 4.09. The Labute approximate surface area is 165 Å². The number of carbonyl (C=O) groups excluding carboxylic acids is 1. The second-order valence-electron chi connectivity index (χ2n) is 4.79. The first kappa shape index (κ1) is 19.3. The van der Waals surface area contributed by atoms with Gasteiger partial charge in [0.1, 0.15) is 6.10 Å². The molecule has 0 radical (unpaired) electrons. The third kappa shape index (κ3) is 3.38. The van der Waals surface area contributed by atoms with Crippen molar-refractivity contribution in [1.82, 2.24) is 0 Å². The van der Waals surface area contributed by atoms with Crippen molar-refractivity contribution in [1.29, 1.82) is 0 Å². The molecule has 126 valence electrons. The number of hydrogen-bond donors (Lipinski definition) is 2. The number of carbonyl (C=O) groups is 2. The van der Waals surface area contributed by atoms with Crippen molar-refractivity contribution in [3.05, 3.63) is 29.0 Å². The van der Waals surface area contributed by atoms with Crippen LogP contribution in [0.15, 0.2) is 17.9 Å². The number of ether oxygens (including phenoxy) is 2. The number of aliphatic hydroxyl groups is 1. The molecule has 0 bridgehead atoms. The van der Waals surface area contributed by atoms with Crippen molar-refractivity contribution in [3.63, 3.8) is 0 Å². The molecule has 1 fully saturated rings. The van der Waals surface area contributed by atoms with Gasteiger partial charge in [-0.3, -0.25) is 0 Å². The van der Waals surface area contributed by atoms with Gasteiger partial charge < -0.3 is 19.7 Å². The van der Waals surface area contributed by atoms with Crippen LogP contribution in [0.25, 0.3) is 0 Å². The maximum absolute atomic E-state index is 12.6. The van der Waals surface area contributed by atoms with Gasteiger partial charge in [0, 0.05) is 24.3 Å². The molecule has 0 saturated carbocycles. The smallest absolute Gasteiger partial charge is 0.342 e. The minimum absolute atomic E-state index is 0.185. The van der Waals surface area contributed by atoms with E-state index >= 15 is 0 Å². The molecule has 0 aliphatic carbocycles. The SMILES string of the molecule is CC(O)C1(OC(=O)c2c(Br)c(Br)c(Br)c(Br)c2C(=O)O)CCO1. The van der Waals surface area contributed by atoms with Gasteiger partial charge in [0.2, 0.25) is 5.79 Å². The average molecular weight is 582 g/mol. The molecule has 1 aromatic rings. The molecule has 6 nitrogen and oxygen atoms in total. The largest absolute Gasteiger partial charge is 0.478 e. The topological polar surface area (TPSA) is 93.1 Å². The summed E-state index contributed by atoms with van der Waals surface area (Å²) >= 11 is 12.9. The molecule has 0 spiro atoms. The van der Waals surface area contributed by atoms with Gasteiger partial charge in [0.25, 0.3) is 0 Å². The minimum atomic E-state index is -1.45. The Kier molecular flexibility index (Phi) is 5.95. The molecular formula is C13H10Br4O6. The fourth-order valence-electron chi connectivity index (χ4n) is 2.03. The van der Waals surface area contributed by atoms with E-state index in [1.54, 1.807) is 0 Å². The highest BCUT2D eigenvalue weighted by Gasteiger charge is 2.48. The summed E-state index contributed by atoms with van der Waals surface area (Å²) in [5, 5.41) is 19.2. The maximum Gasteiger partial charge on any atom is 0.342 e. The van der Waals surface area contributed by atoms with Crippen LogP contribution in [0, 0.1) is 0 Å². The number of esters is 1. The van der Waals surface area contributed by atoms with E-state index in [1.807, 2.05) is 0 Å². The number of aliphatic hydroxyl groups excluding tert-OH is 1. The van der Waals surface area contributed by atoms with Crippen LogP contribution in [0.4, 0.5) is 0 Å². The van der Waals surface area contributed by atoms with Gasteiger partial charge in [-0.1, -0.05) is 0 Å². The molecule has 1 aliphatic rings. The van der Waals surface area contributed by atoms with E-state index in [1.165, 1.54) is 6.92 Å². The lowest BCUT2D eigenvalue weighted by atomic mass is 10.0. The number of halogens is 4. The van der Waals surface area contributed by atoms with Crippen LogP contribution < -0.4 is 0 Å². The third-order valence-corrected chi connectivity index (χ3v) is 8.15. The van der Waals surface area contributed by atoms with E-state index in [9.17, 15) is 19.8 Å². The van der Waals surface area contributed by atoms with E-state index in [2.05, 4.69) is 63.7 Å². The number of carboxylic acids is 1. The fourth-order valence-corrected chi connectivity index (χ4v) is 4.48. The summed E-state index contributed by atoms with van der Waals surface area (Å²) in [6.45, 7) is 1.78. The third-order valence-electron chi connectivity index (χ3n) is 3.38. The molecule has 2 atom stereocenters. The van der Waals surface area contributed by atoms with Crippen molar-refractivity contribution in [2.24, 2.45) is 0 Å². The number of aromatic carboxylic acids is 1. The van der Waals surface area contributed by atoms with Crippen LogP contribution in [0.2, 0.25) is 0 Å². The Balaban J connectivity index is 2.54. The first-order chi connectivity index (χ1) is 10.6. The quantitative estimate of drug-likeness (QED) is 0.316. The van der Waals surface area contributed by atoms with Crippen molar-refractivity contribution in [2.45, 2.75) is 25.2 Å². The van der Waals surface area contributed by atoms with Crippen molar-refractivity contribution in [2.75, 3.05) is 6.61 Å². The van der Waals surface area contributed by atoms with Crippen LogP contribution >= 0.6 is 63.7 Å². The molecule has 1 aliphatic heterocycles. The zero-order valence-electron chi connectivity index (χ0n) is 11.5. The Bertz CT molecular complexity index is 684. The molecule has 2 unspecified atom stereocenters. The maximum atomic E-state index is 12.6. The van der Waals surface area contributed by atoms with Gasteiger partial charge in [-0.15, -0.1) is 0 Å². The first-order valence-electron chi connectivity index (χ1n) is 6.27. The molecule has 23 heavy (non-hydrogen) atoms. The summed E-state index contributed by atoms with van der Waals surface area (Å²) in [6.07, 6.45) is -0.718. The summed E-state index contributed by atoms with van der Waals surface area (Å²) in [4.78, 5) is 24.1. The van der Waals surface area contributed by atoms with Gasteiger partial charge in [0.15, 0.2) is 0 Å². The van der Waals surface area contributed by atoms with E-state index in [0.717, 1.165) is 0 Å². The van der Waals surface area contributed by atoms with Gasteiger partial charge in [-0.25, -0.2) is 9.59 Å². The number of benzene rings is 1. The van der Waals surface area contributed by atoms with Gasteiger partial charge in [-0.2, -0.15) is 0 Å².